The van der Waals surface area contributed by atoms with Crippen LogP contribution < -0.4 is 15.4 Å². The number of halogens is 1. The van der Waals surface area contributed by atoms with Crippen molar-refractivity contribution >= 4 is 35.1 Å². The number of rotatable bonds is 10. The van der Waals surface area contributed by atoms with Gasteiger partial charge in [-0.15, -0.1) is 0 Å². The summed E-state index contributed by atoms with van der Waals surface area (Å²) in [6.45, 7) is 3.02. The number of methoxy groups -OCH3 is 1. The molecule has 2 aromatic carbocycles. The highest BCUT2D eigenvalue weighted by Gasteiger charge is 2.28. The van der Waals surface area contributed by atoms with Gasteiger partial charge in [-0.3, -0.25) is 19.7 Å². The zero-order chi connectivity index (χ0) is 24.5. The van der Waals surface area contributed by atoms with Crippen LogP contribution in [0.15, 0.2) is 42.5 Å². The second kappa shape index (κ2) is 11.8. The van der Waals surface area contributed by atoms with Crippen LogP contribution in [0.2, 0.25) is 5.02 Å². The maximum absolute atomic E-state index is 12.6. The first-order valence-electron chi connectivity index (χ1n) is 9.94. The van der Waals surface area contributed by atoms with Gasteiger partial charge in [-0.2, -0.15) is 0 Å². The lowest BCUT2D eigenvalue weighted by Gasteiger charge is -2.21. The van der Waals surface area contributed by atoms with E-state index in [9.17, 15) is 24.5 Å². The zero-order valence-electron chi connectivity index (χ0n) is 18.3. The number of hydrogen-bond acceptors (Lipinski definition) is 7. The molecule has 2 amide bonds. The molecule has 0 bridgehead atoms. The summed E-state index contributed by atoms with van der Waals surface area (Å²) in [5, 5.41) is 15.8. The number of benzene rings is 2. The van der Waals surface area contributed by atoms with Gasteiger partial charge >= 0.3 is 5.97 Å². The van der Waals surface area contributed by atoms with E-state index in [2.05, 4.69) is 10.6 Å². The van der Waals surface area contributed by atoms with Crippen LogP contribution in [-0.2, 0) is 20.9 Å². The number of nitrogens with one attached hydrogen (secondary N) is 2. The van der Waals surface area contributed by atoms with Crippen molar-refractivity contribution in [2.24, 2.45) is 5.92 Å². The van der Waals surface area contributed by atoms with Crippen molar-refractivity contribution in [3.8, 4) is 5.75 Å². The standard InChI is InChI=1S/C22H24ClN3O7/c1-13(2)20(25-21(28)16-9-8-15(26(30)31)10-17(16)23)22(29)33-12-19(27)24-11-14-6-4-5-7-18(14)32-3/h4-10,13,20H,11-12H2,1-3H3,(H,24,27)(H,25,28). The molecule has 176 valence electrons. The van der Waals surface area contributed by atoms with Crippen LogP contribution in [0.1, 0.15) is 29.8 Å². The number of nitro benzene ring substituents is 1. The molecular formula is C22H24ClN3O7. The van der Waals surface area contributed by atoms with Crippen LogP contribution in [0.25, 0.3) is 0 Å². The van der Waals surface area contributed by atoms with E-state index in [1.165, 1.54) is 13.2 Å². The van der Waals surface area contributed by atoms with Gasteiger partial charge in [-0.25, -0.2) is 4.79 Å². The molecule has 2 rings (SSSR count). The molecule has 0 aliphatic heterocycles. The number of amides is 2. The lowest BCUT2D eigenvalue weighted by atomic mass is 10.0. The Kier molecular flexibility index (Phi) is 9.17. The topological polar surface area (TPSA) is 137 Å². The lowest BCUT2D eigenvalue weighted by Crippen LogP contribution is -2.46. The Morgan fingerprint density at radius 3 is 2.45 bits per heavy atom. The molecule has 0 saturated heterocycles. The summed E-state index contributed by atoms with van der Waals surface area (Å²) >= 11 is 5.98. The quantitative estimate of drug-likeness (QED) is 0.305. The predicted octanol–water partition coefficient (Wildman–Crippen LogP) is 2.87. The minimum atomic E-state index is -1.06. The van der Waals surface area contributed by atoms with E-state index in [1.54, 1.807) is 38.1 Å². The first-order valence-corrected chi connectivity index (χ1v) is 10.3. The number of esters is 1. The lowest BCUT2D eigenvalue weighted by molar-refractivity contribution is -0.384. The highest BCUT2D eigenvalue weighted by atomic mass is 35.5. The summed E-state index contributed by atoms with van der Waals surface area (Å²) in [5.41, 5.74) is 0.456. The molecule has 0 aliphatic carbocycles. The fraction of sp³-hybridized carbons (Fsp3) is 0.318. The van der Waals surface area contributed by atoms with Crippen molar-refractivity contribution in [3.63, 3.8) is 0 Å². The molecule has 2 aromatic rings. The average molecular weight is 478 g/mol. The third-order valence-electron chi connectivity index (χ3n) is 4.63. The Hall–Kier alpha value is -3.66. The first-order chi connectivity index (χ1) is 15.6. The third kappa shape index (κ3) is 7.18. The monoisotopic (exact) mass is 477 g/mol. The highest BCUT2D eigenvalue weighted by molar-refractivity contribution is 6.34. The number of ether oxygens (including phenoxy) is 2. The zero-order valence-corrected chi connectivity index (χ0v) is 19.0. The minimum absolute atomic E-state index is 0.0322. The number of para-hydroxylation sites is 1. The highest BCUT2D eigenvalue weighted by Crippen LogP contribution is 2.23. The van der Waals surface area contributed by atoms with Gasteiger partial charge in [0.15, 0.2) is 6.61 Å². The fourth-order valence-electron chi connectivity index (χ4n) is 2.84. The summed E-state index contributed by atoms with van der Waals surface area (Å²) in [7, 11) is 1.52. The molecule has 0 fully saturated rings. The van der Waals surface area contributed by atoms with Crippen LogP contribution in [0.5, 0.6) is 5.75 Å². The number of carbonyl (C=O) groups is 3. The Bertz CT molecular complexity index is 1040. The van der Waals surface area contributed by atoms with Gasteiger partial charge in [0.2, 0.25) is 0 Å². The predicted molar refractivity (Wildman–Crippen MR) is 120 cm³/mol. The Labute approximate surface area is 195 Å². The van der Waals surface area contributed by atoms with Crippen molar-refractivity contribution in [2.45, 2.75) is 26.4 Å². The van der Waals surface area contributed by atoms with E-state index < -0.39 is 35.4 Å². The van der Waals surface area contributed by atoms with Crippen LogP contribution in [0, 0.1) is 16.0 Å². The average Bonchev–Trinajstić information content (AvgIpc) is 2.79. The first kappa shape index (κ1) is 25.6. The summed E-state index contributed by atoms with van der Waals surface area (Å²) in [6, 6.07) is 9.47. The SMILES string of the molecule is COc1ccccc1CNC(=O)COC(=O)C(NC(=O)c1ccc([N+](=O)[O-])cc1Cl)C(C)C. The summed E-state index contributed by atoms with van der Waals surface area (Å²) in [4.78, 5) is 47.3. The molecule has 0 aromatic heterocycles. The molecule has 0 heterocycles. The smallest absolute Gasteiger partial charge is 0.329 e. The van der Waals surface area contributed by atoms with Gasteiger partial charge in [0.25, 0.3) is 17.5 Å². The Balaban J connectivity index is 1.94. The Morgan fingerprint density at radius 2 is 1.85 bits per heavy atom. The molecular weight excluding hydrogens is 454 g/mol. The van der Waals surface area contributed by atoms with Crippen molar-refractivity contribution in [3.05, 3.63) is 68.7 Å². The molecule has 0 spiro atoms. The minimum Gasteiger partial charge on any atom is -0.496 e. The second-order valence-corrected chi connectivity index (χ2v) is 7.72. The van der Waals surface area contributed by atoms with E-state index in [4.69, 9.17) is 21.1 Å². The van der Waals surface area contributed by atoms with Crippen LogP contribution in [0.3, 0.4) is 0 Å². The number of non-ortho nitro benzene ring substituents is 1. The van der Waals surface area contributed by atoms with Crippen LogP contribution in [-0.4, -0.2) is 42.5 Å². The van der Waals surface area contributed by atoms with Crippen molar-refractivity contribution in [1.82, 2.24) is 10.6 Å². The molecule has 1 atom stereocenters. The van der Waals surface area contributed by atoms with Gasteiger partial charge in [-0.1, -0.05) is 43.6 Å². The van der Waals surface area contributed by atoms with E-state index in [0.29, 0.717) is 5.75 Å². The summed E-state index contributed by atoms with van der Waals surface area (Å²) in [5.74, 6) is -1.78. The third-order valence-corrected chi connectivity index (χ3v) is 4.94. The van der Waals surface area contributed by atoms with Crippen molar-refractivity contribution in [1.29, 1.82) is 0 Å². The normalized spacial score (nSPS) is 11.4. The molecule has 33 heavy (non-hydrogen) atoms. The summed E-state index contributed by atoms with van der Waals surface area (Å²) < 4.78 is 10.3. The maximum Gasteiger partial charge on any atom is 0.329 e. The molecule has 2 N–H and O–H groups in total. The van der Waals surface area contributed by atoms with E-state index in [0.717, 1.165) is 17.7 Å². The largest absolute Gasteiger partial charge is 0.496 e. The van der Waals surface area contributed by atoms with Gasteiger partial charge in [0.1, 0.15) is 11.8 Å². The number of nitrogens with zero attached hydrogens (tertiary/aromatic N) is 1. The van der Waals surface area contributed by atoms with Crippen molar-refractivity contribution < 1.29 is 28.8 Å². The van der Waals surface area contributed by atoms with Gasteiger partial charge < -0.3 is 20.1 Å². The molecule has 0 saturated carbocycles. The maximum atomic E-state index is 12.6. The fourth-order valence-corrected chi connectivity index (χ4v) is 3.10. The molecule has 10 nitrogen and oxygen atoms in total. The molecule has 1 unspecified atom stereocenters. The number of nitro groups is 1. The molecule has 0 aliphatic rings. The van der Waals surface area contributed by atoms with Gasteiger partial charge in [0, 0.05) is 24.2 Å². The van der Waals surface area contributed by atoms with E-state index in [1.807, 2.05) is 0 Å². The number of hydrogen-bond donors (Lipinski definition) is 2. The molecule has 0 radical (unpaired) electrons. The van der Waals surface area contributed by atoms with Crippen LogP contribution in [0.4, 0.5) is 5.69 Å². The van der Waals surface area contributed by atoms with Crippen LogP contribution >= 0.6 is 11.6 Å². The molecule has 11 heteroatoms. The number of carbonyl (C=O) groups excluding carboxylic acids is 3. The van der Waals surface area contributed by atoms with Gasteiger partial charge in [-0.05, 0) is 18.1 Å². The Morgan fingerprint density at radius 1 is 1.15 bits per heavy atom. The van der Waals surface area contributed by atoms with Gasteiger partial charge in [0.05, 0.1) is 22.6 Å². The van der Waals surface area contributed by atoms with E-state index >= 15 is 0 Å². The summed E-state index contributed by atoms with van der Waals surface area (Å²) in [6.07, 6.45) is 0. The second-order valence-electron chi connectivity index (χ2n) is 7.31. The van der Waals surface area contributed by atoms with Crippen molar-refractivity contribution in [2.75, 3.05) is 13.7 Å². The van der Waals surface area contributed by atoms with E-state index in [-0.39, 0.29) is 28.7 Å².